The summed E-state index contributed by atoms with van der Waals surface area (Å²) in [5, 5.41) is 15.2. The highest BCUT2D eigenvalue weighted by Gasteiger charge is 2.03. The van der Waals surface area contributed by atoms with Crippen LogP contribution in [0.1, 0.15) is 17.5 Å². The molecule has 0 fully saturated rings. The molecule has 0 atom stereocenters. The van der Waals surface area contributed by atoms with Gasteiger partial charge in [-0.05, 0) is 43.3 Å². The summed E-state index contributed by atoms with van der Waals surface area (Å²) in [5.41, 5.74) is 2.04. The van der Waals surface area contributed by atoms with Crippen LogP contribution in [0.15, 0.2) is 48.5 Å². The predicted octanol–water partition coefficient (Wildman–Crippen LogP) is 2.47. The van der Waals surface area contributed by atoms with Crippen LogP contribution in [0.4, 0.5) is 4.39 Å². The fourth-order valence-electron chi connectivity index (χ4n) is 2.30. The molecule has 0 aliphatic carbocycles. The summed E-state index contributed by atoms with van der Waals surface area (Å²) in [4.78, 5) is 0. The Balaban J connectivity index is 1.76. The Morgan fingerprint density at radius 2 is 1.67 bits per heavy atom. The second-order valence-corrected chi connectivity index (χ2v) is 5.53. The molecule has 130 valence electrons. The topological polar surface area (TPSA) is 53.5 Å². The first-order chi connectivity index (χ1) is 11.8. The van der Waals surface area contributed by atoms with Gasteiger partial charge < -0.3 is 20.5 Å². The highest BCUT2D eigenvalue weighted by atomic mass is 19.1. The second kappa shape index (κ2) is 10.8. The van der Waals surface area contributed by atoms with Crippen molar-refractivity contribution in [3.63, 3.8) is 0 Å². The van der Waals surface area contributed by atoms with Crippen LogP contribution in [-0.4, -0.2) is 31.3 Å². The molecule has 0 unspecified atom stereocenters. The van der Waals surface area contributed by atoms with Crippen LogP contribution < -0.4 is 15.4 Å². The van der Waals surface area contributed by atoms with Crippen LogP contribution in [0.5, 0.6) is 5.75 Å². The van der Waals surface area contributed by atoms with Gasteiger partial charge in [-0.3, -0.25) is 0 Å². The molecule has 2 rings (SSSR count). The largest absolute Gasteiger partial charge is 0.489 e. The maximum Gasteiger partial charge on any atom is 0.124 e. The third-order valence-corrected chi connectivity index (χ3v) is 3.59. The Morgan fingerprint density at radius 1 is 0.917 bits per heavy atom. The number of rotatable bonds is 11. The van der Waals surface area contributed by atoms with E-state index in [1.54, 1.807) is 12.1 Å². The minimum Gasteiger partial charge on any atom is -0.489 e. The van der Waals surface area contributed by atoms with Gasteiger partial charge in [-0.25, -0.2) is 4.39 Å². The van der Waals surface area contributed by atoms with Crippen LogP contribution >= 0.6 is 0 Å². The van der Waals surface area contributed by atoms with E-state index in [9.17, 15) is 4.39 Å². The smallest absolute Gasteiger partial charge is 0.124 e. The van der Waals surface area contributed by atoms with Gasteiger partial charge in [0.05, 0.1) is 6.61 Å². The number of aliphatic hydroxyl groups is 1. The lowest BCUT2D eigenvalue weighted by Crippen LogP contribution is -2.24. The molecule has 2 aromatic carbocycles. The summed E-state index contributed by atoms with van der Waals surface area (Å²) in [7, 11) is 0. The quantitative estimate of drug-likeness (QED) is 0.553. The molecule has 0 aromatic heterocycles. The maximum absolute atomic E-state index is 12.9. The molecule has 5 heteroatoms. The average Bonchev–Trinajstić information content (AvgIpc) is 2.61. The van der Waals surface area contributed by atoms with Gasteiger partial charge in [-0.1, -0.05) is 30.3 Å². The van der Waals surface area contributed by atoms with E-state index in [0.29, 0.717) is 13.2 Å². The van der Waals surface area contributed by atoms with Crippen molar-refractivity contribution in [1.29, 1.82) is 0 Å². The monoisotopic (exact) mass is 332 g/mol. The lowest BCUT2D eigenvalue weighted by Gasteiger charge is -2.12. The van der Waals surface area contributed by atoms with Gasteiger partial charge in [0.1, 0.15) is 18.2 Å². The Morgan fingerprint density at radius 3 is 2.46 bits per heavy atom. The molecule has 0 saturated carbocycles. The van der Waals surface area contributed by atoms with E-state index in [-0.39, 0.29) is 12.4 Å². The molecular weight excluding hydrogens is 307 g/mol. The number of aliphatic hydroxyl groups excluding tert-OH is 1. The third-order valence-electron chi connectivity index (χ3n) is 3.59. The van der Waals surface area contributed by atoms with Crippen LogP contribution in [-0.2, 0) is 13.2 Å². The Labute approximate surface area is 142 Å². The lowest BCUT2D eigenvalue weighted by atomic mass is 10.2. The van der Waals surface area contributed by atoms with E-state index in [4.69, 9.17) is 9.84 Å². The van der Waals surface area contributed by atoms with Crippen molar-refractivity contribution in [1.82, 2.24) is 10.6 Å². The number of halogens is 1. The molecule has 24 heavy (non-hydrogen) atoms. The first-order valence-electron chi connectivity index (χ1n) is 8.27. The minimum atomic E-state index is -0.239. The van der Waals surface area contributed by atoms with Gasteiger partial charge in [-0.15, -0.1) is 0 Å². The van der Waals surface area contributed by atoms with Crippen LogP contribution in [0.2, 0.25) is 0 Å². The number of benzene rings is 2. The van der Waals surface area contributed by atoms with E-state index in [1.807, 2.05) is 24.3 Å². The molecule has 4 nitrogen and oxygen atoms in total. The molecule has 0 bridgehead atoms. The number of ether oxygens (including phenoxy) is 1. The van der Waals surface area contributed by atoms with Crippen molar-refractivity contribution in [3.8, 4) is 5.75 Å². The zero-order valence-electron chi connectivity index (χ0n) is 13.8. The van der Waals surface area contributed by atoms with E-state index in [0.717, 1.165) is 42.9 Å². The van der Waals surface area contributed by atoms with Gasteiger partial charge in [0.2, 0.25) is 0 Å². The fourth-order valence-corrected chi connectivity index (χ4v) is 2.30. The number of nitrogens with one attached hydrogen (secondary N) is 2. The van der Waals surface area contributed by atoms with Gasteiger partial charge in [0.15, 0.2) is 0 Å². The van der Waals surface area contributed by atoms with Crippen molar-refractivity contribution in [3.05, 3.63) is 65.5 Å². The molecule has 0 saturated heterocycles. The molecule has 0 heterocycles. The fraction of sp³-hybridized carbons (Fsp3) is 0.368. The number of para-hydroxylation sites is 1. The number of hydrogen-bond acceptors (Lipinski definition) is 4. The number of hydrogen-bond donors (Lipinski definition) is 3. The first-order valence-corrected chi connectivity index (χ1v) is 8.27. The zero-order chi connectivity index (χ0) is 17.0. The van der Waals surface area contributed by atoms with Crippen molar-refractivity contribution in [2.75, 3.05) is 26.2 Å². The highest BCUT2D eigenvalue weighted by molar-refractivity contribution is 5.33. The highest BCUT2D eigenvalue weighted by Crippen LogP contribution is 2.19. The molecule has 0 amide bonds. The molecule has 0 spiro atoms. The molecule has 0 radical (unpaired) electrons. The standard InChI is InChI=1S/C19H25FN2O2/c20-18-8-6-16(7-9-18)15-24-19-5-2-1-4-17(19)14-22-11-3-10-21-12-13-23/h1-2,4-9,21-23H,3,10-15H2. The Bertz CT molecular complexity index is 590. The van der Waals surface area contributed by atoms with Gasteiger partial charge >= 0.3 is 0 Å². The molecule has 2 aromatic rings. The molecule has 0 aliphatic rings. The summed E-state index contributed by atoms with van der Waals surface area (Å²) in [6, 6.07) is 14.3. The summed E-state index contributed by atoms with van der Waals surface area (Å²) in [6.45, 7) is 3.75. The van der Waals surface area contributed by atoms with Gasteiger partial charge in [-0.2, -0.15) is 0 Å². The van der Waals surface area contributed by atoms with Gasteiger partial charge in [0, 0.05) is 18.7 Å². The first kappa shape index (κ1) is 18.4. The van der Waals surface area contributed by atoms with Crippen molar-refractivity contribution >= 4 is 0 Å². The molecule has 3 N–H and O–H groups in total. The minimum absolute atomic E-state index is 0.173. The normalized spacial score (nSPS) is 10.8. The SMILES string of the molecule is OCCNCCCNCc1ccccc1OCc1ccc(F)cc1. The van der Waals surface area contributed by atoms with Crippen LogP contribution in [0, 0.1) is 5.82 Å². The average molecular weight is 332 g/mol. The predicted molar refractivity (Wildman–Crippen MR) is 93.5 cm³/mol. The van der Waals surface area contributed by atoms with Crippen molar-refractivity contribution in [2.45, 2.75) is 19.6 Å². The van der Waals surface area contributed by atoms with E-state index < -0.39 is 0 Å². The van der Waals surface area contributed by atoms with E-state index in [1.165, 1.54) is 12.1 Å². The summed E-state index contributed by atoms with van der Waals surface area (Å²) >= 11 is 0. The maximum atomic E-state index is 12.9. The van der Waals surface area contributed by atoms with E-state index in [2.05, 4.69) is 10.6 Å². The van der Waals surface area contributed by atoms with E-state index >= 15 is 0 Å². The Kier molecular flexibility index (Phi) is 8.24. The molecule has 0 aliphatic heterocycles. The summed E-state index contributed by atoms with van der Waals surface area (Å²) < 4.78 is 18.8. The van der Waals surface area contributed by atoms with Crippen molar-refractivity contribution < 1.29 is 14.2 Å². The zero-order valence-corrected chi connectivity index (χ0v) is 13.8. The van der Waals surface area contributed by atoms with Crippen LogP contribution in [0.25, 0.3) is 0 Å². The molecular formula is C19H25FN2O2. The lowest BCUT2D eigenvalue weighted by molar-refractivity contribution is 0.292. The van der Waals surface area contributed by atoms with Crippen molar-refractivity contribution in [2.24, 2.45) is 0 Å². The second-order valence-electron chi connectivity index (χ2n) is 5.53. The Hall–Kier alpha value is -1.95. The van der Waals surface area contributed by atoms with Gasteiger partial charge in [0.25, 0.3) is 0 Å². The van der Waals surface area contributed by atoms with Crippen LogP contribution in [0.3, 0.4) is 0 Å². The summed E-state index contributed by atoms with van der Waals surface area (Å²) in [5.74, 6) is 0.601. The summed E-state index contributed by atoms with van der Waals surface area (Å²) in [6.07, 6.45) is 0.999. The third kappa shape index (κ3) is 6.66.